The quantitative estimate of drug-likeness (QED) is 0.589. The molecule has 9 heavy (non-hydrogen) atoms. The number of amides is 1. The van der Waals surface area contributed by atoms with E-state index in [0.29, 0.717) is 0 Å². The van der Waals surface area contributed by atoms with Gasteiger partial charge in [-0.25, -0.2) is 0 Å². The molecule has 2 nitrogen and oxygen atoms in total. The number of rotatable bonds is 1. The Bertz CT molecular complexity index is 106. The highest BCUT2D eigenvalue weighted by atomic mass is 32.1. The predicted molar refractivity (Wildman–Crippen MR) is 40.4 cm³/mol. The molecule has 0 atom stereocenters. The molecule has 0 aliphatic heterocycles. The molecule has 1 amide bonds. The van der Waals surface area contributed by atoms with Gasteiger partial charge in [-0.15, -0.1) is 0 Å². The standard InChI is InChI=1S/C6H12NOS/c1-6(2,3)7-5(8)4-9/h4H2,1-3H3,(H,7,8). The van der Waals surface area contributed by atoms with Crippen LogP contribution >= 0.6 is 12.6 Å². The molecule has 0 rings (SSSR count). The lowest BCUT2D eigenvalue weighted by molar-refractivity contribution is -0.119. The zero-order valence-corrected chi connectivity index (χ0v) is 6.84. The Hall–Kier alpha value is -0.180. The highest BCUT2D eigenvalue weighted by Crippen LogP contribution is 1.97. The largest absolute Gasteiger partial charge is 0.351 e. The van der Waals surface area contributed by atoms with Crippen LogP contribution in [0.3, 0.4) is 0 Å². The molecule has 3 heteroatoms. The van der Waals surface area contributed by atoms with Gasteiger partial charge in [0.05, 0.1) is 5.75 Å². The maximum atomic E-state index is 10.6. The summed E-state index contributed by atoms with van der Waals surface area (Å²) < 4.78 is 0. The van der Waals surface area contributed by atoms with Gasteiger partial charge in [0, 0.05) is 5.54 Å². The number of hydrogen-bond donors (Lipinski definition) is 1. The first-order chi connectivity index (χ1) is 3.95. The molecule has 0 saturated heterocycles. The normalized spacial score (nSPS) is 11.1. The van der Waals surface area contributed by atoms with E-state index in [2.05, 4.69) is 17.9 Å². The first-order valence-electron chi connectivity index (χ1n) is 2.85. The van der Waals surface area contributed by atoms with Crippen LogP contribution in [-0.4, -0.2) is 17.2 Å². The van der Waals surface area contributed by atoms with Gasteiger partial charge >= 0.3 is 0 Å². The second-order valence-electron chi connectivity index (χ2n) is 2.94. The van der Waals surface area contributed by atoms with Crippen molar-refractivity contribution in [1.82, 2.24) is 5.32 Å². The first-order valence-corrected chi connectivity index (χ1v) is 3.42. The van der Waals surface area contributed by atoms with Crippen LogP contribution in [0.25, 0.3) is 0 Å². The molecule has 53 valence electrons. The van der Waals surface area contributed by atoms with E-state index in [4.69, 9.17) is 0 Å². The van der Waals surface area contributed by atoms with E-state index in [1.165, 1.54) is 0 Å². The molecule has 0 heterocycles. The lowest BCUT2D eigenvalue weighted by Crippen LogP contribution is -2.41. The zero-order chi connectivity index (χ0) is 7.49. The second kappa shape index (κ2) is 3.11. The maximum Gasteiger partial charge on any atom is 0.231 e. The van der Waals surface area contributed by atoms with Crippen LogP contribution in [0.2, 0.25) is 0 Å². The van der Waals surface area contributed by atoms with Gasteiger partial charge in [0.1, 0.15) is 0 Å². The minimum Gasteiger partial charge on any atom is -0.351 e. The van der Waals surface area contributed by atoms with Crippen LogP contribution in [0.4, 0.5) is 0 Å². The molecule has 0 aromatic carbocycles. The smallest absolute Gasteiger partial charge is 0.231 e. The van der Waals surface area contributed by atoms with E-state index in [-0.39, 0.29) is 17.2 Å². The fourth-order valence-electron chi connectivity index (χ4n) is 0.454. The molecule has 0 aromatic heterocycles. The molecular weight excluding hydrogens is 134 g/mol. The van der Waals surface area contributed by atoms with Crippen molar-refractivity contribution in [3.05, 3.63) is 0 Å². The summed E-state index contributed by atoms with van der Waals surface area (Å²) in [5.41, 5.74) is -0.143. The minimum absolute atomic E-state index is 0.0718. The van der Waals surface area contributed by atoms with Gasteiger partial charge < -0.3 is 5.32 Å². The second-order valence-corrected chi connectivity index (χ2v) is 3.23. The molecule has 0 aromatic rings. The van der Waals surface area contributed by atoms with Crippen molar-refractivity contribution in [3.8, 4) is 0 Å². The summed E-state index contributed by atoms with van der Waals surface area (Å²) in [6.07, 6.45) is 0. The van der Waals surface area contributed by atoms with Gasteiger partial charge in [-0.2, -0.15) is 0 Å². The Balaban J connectivity index is 3.60. The molecule has 1 N–H and O–H groups in total. The molecule has 0 spiro atoms. The summed E-state index contributed by atoms with van der Waals surface area (Å²) in [7, 11) is 0. The molecule has 0 unspecified atom stereocenters. The van der Waals surface area contributed by atoms with E-state index in [1.54, 1.807) is 0 Å². The lowest BCUT2D eigenvalue weighted by Gasteiger charge is -2.19. The lowest BCUT2D eigenvalue weighted by atomic mass is 10.1. The number of carbonyl (C=O) groups excluding carboxylic acids is 1. The zero-order valence-electron chi connectivity index (χ0n) is 6.02. The molecule has 0 bridgehead atoms. The Morgan fingerprint density at radius 3 is 2.11 bits per heavy atom. The highest BCUT2D eigenvalue weighted by Gasteiger charge is 2.11. The fraction of sp³-hybridized carbons (Fsp3) is 0.833. The third-order valence-electron chi connectivity index (χ3n) is 0.646. The summed E-state index contributed by atoms with van der Waals surface area (Å²) in [6, 6.07) is 0. The SMILES string of the molecule is CC(C)(C)NC(=O)C[S]. The highest BCUT2D eigenvalue weighted by molar-refractivity contribution is 7.81. The molecule has 0 fully saturated rings. The van der Waals surface area contributed by atoms with Crippen LogP contribution in [0.1, 0.15) is 20.8 Å². The third kappa shape index (κ3) is 5.69. The van der Waals surface area contributed by atoms with Gasteiger partial charge in [0.15, 0.2) is 0 Å². The van der Waals surface area contributed by atoms with E-state index in [1.807, 2.05) is 20.8 Å². The van der Waals surface area contributed by atoms with Crippen molar-refractivity contribution >= 4 is 18.5 Å². The van der Waals surface area contributed by atoms with Crippen molar-refractivity contribution in [2.45, 2.75) is 26.3 Å². The fourth-order valence-corrected chi connectivity index (χ4v) is 0.527. The summed E-state index contributed by atoms with van der Waals surface area (Å²) in [5, 5.41) is 2.73. The van der Waals surface area contributed by atoms with E-state index in [0.717, 1.165) is 0 Å². The Morgan fingerprint density at radius 2 is 2.00 bits per heavy atom. The average Bonchev–Trinajstić information content (AvgIpc) is 1.62. The van der Waals surface area contributed by atoms with Gasteiger partial charge in [-0.1, -0.05) is 12.6 Å². The monoisotopic (exact) mass is 146 g/mol. The van der Waals surface area contributed by atoms with Crippen LogP contribution < -0.4 is 5.32 Å². The topological polar surface area (TPSA) is 29.1 Å². The summed E-state index contributed by atoms with van der Waals surface area (Å²) in [6.45, 7) is 5.78. The van der Waals surface area contributed by atoms with Crippen LogP contribution in [0, 0.1) is 0 Å². The Labute approximate surface area is 61.4 Å². The minimum atomic E-state index is -0.143. The van der Waals surface area contributed by atoms with Gasteiger partial charge in [-0.3, -0.25) is 4.79 Å². The number of hydrogen-bond acceptors (Lipinski definition) is 1. The van der Waals surface area contributed by atoms with Gasteiger partial charge in [0.2, 0.25) is 5.91 Å². The summed E-state index contributed by atoms with van der Waals surface area (Å²) in [5.74, 6) is 0.0783. The third-order valence-corrected chi connectivity index (χ3v) is 0.908. The van der Waals surface area contributed by atoms with Crippen LogP contribution in [-0.2, 0) is 4.79 Å². The Morgan fingerprint density at radius 1 is 1.56 bits per heavy atom. The van der Waals surface area contributed by atoms with Crippen LogP contribution in [0.15, 0.2) is 0 Å². The molecular formula is C6H12NOS. The molecule has 0 aliphatic carbocycles. The average molecular weight is 146 g/mol. The molecule has 0 saturated carbocycles. The van der Waals surface area contributed by atoms with E-state index >= 15 is 0 Å². The van der Waals surface area contributed by atoms with E-state index < -0.39 is 0 Å². The molecule has 1 radical (unpaired) electrons. The van der Waals surface area contributed by atoms with Gasteiger partial charge in [-0.05, 0) is 20.8 Å². The number of carbonyl (C=O) groups is 1. The van der Waals surface area contributed by atoms with Crippen molar-refractivity contribution in [2.75, 3.05) is 5.75 Å². The number of nitrogens with one attached hydrogen (secondary N) is 1. The predicted octanol–water partition coefficient (Wildman–Crippen LogP) is 1.10. The van der Waals surface area contributed by atoms with Crippen molar-refractivity contribution < 1.29 is 4.79 Å². The first kappa shape index (κ1) is 8.82. The Kier molecular flexibility index (Phi) is 3.04. The van der Waals surface area contributed by atoms with Crippen molar-refractivity contribution in [2.24, 2.45) is 0 Å². The van der Waals surface area contributed by atoms with Gasteiger partial charge in [0.25, 0.3) is 0 Å². The maximum absolute atomic E-state index is 10.6. The summed E-state index contributed by atoms with van der Waals surface area (Å²) in [4.78, 5) is 10.6. The summed E-state index contributed by atoms with van der Waals surface area (Å²) >= 11 is 4.53. The van der Waals surface area contributed by atoms with Crippen LogP contribution in [0.5, 0.6) is 0 Å². The van der Waals surface area contributed by atoms with Crippen molar-refractivity contribution in [3.63, 3.8) is 0 Å². The molecule has 0 aliphatic rings. The van der Waals surface area contributed by atoms with E-state index in [9.17, 15) is 4.79 Å². The van der Waals surface area contributed by atoms with Crippen molar-refractivity contribution in [1.29, 1.82) is 0 Å².